The van der Waals surface area contributed by atoms with Gasteiger partial charge >= 0.3 is 7.82 Å². The van der Waals surface area contributed by atoms with Crippen LogP contribution in [0.25, 0.3) is 0 Å². The fourth-order valence-corrected chi connectivity index (χ4v) is 1.82. The van der Waals surface area contributed by atoms with E-state index in [2.05, 4.69) is 0 Å². The standard InChI is InChI=1S/C8H18NO5P/c1-5-12-15(11,13-6-2)14-7-8(10)9(3)4/h5-7H2,1-4H3. The highest BCUT2D eigenvalue weighted by Crippen LogP contribution is 2.48. The quantitative estimate of drug-likeness (QED) is 0.626. The summed E-state index contributed by atoms with van der Waals surface area (Å²) in [6, 6.07) is 0. The summed E-state index contributed by atoms with van der Waals surface area (Å²) in [5, 5.41) is 0. The van der Waals surface area contributed by atoms with Crippen LogP contribution in [0.1, 0.15) is 13.8 Å². The first-order chi connectivity index (χ1) is 6.95. The van der Waals surface area contributed by atoms with E-state index in [9.17, 15) is 9.36 Å². The summed E-state index contributed by atoms with van der Waals surface area (Å²) in [5.74, 6) is -0.297. The van der Waals surface area contributed by atoms with Crippen LogP contribution in [-0.2, 0) is 22.9 Å². The Kier molecular flexibility index (Phi) is 6.76. The molecule has 0 N–H and O–H groups in total. The number of phosphoric ester groups is 1. The van der Waals surface area contributed by atoms with Crippen molar-refractivity contribution in [2.24, 2.45) is 0 Å². The first kappa shape index (κ1) is 14.6. The number of likely N-dealkylation sites (N-methyl/N-ethyl adjacent to an activating group) is 1. The van der Waals surface area contributed by atoms with Gasteiger partial charge in [-0.05, 0) is 13.8 Å². The highest BCUT2D eigenvalue weighted by atomic mass is 31.2. The molecule has 0 aromatic rings. The van der Waals surface area contributed by atoms with Gasteiger partial charge in [-0.15, -0.1) is 0 Å². The molecule has 0 aliphatic carbocycles. The van der Waals surface area contributed by atoms with Gasteiger partial charge in [-0.25, -0.2) is 4.57 Å². The predicted octanol–water partition coefficient (Wildman–Crippen LogP) is 1.27. The third-order valence-electron chi connectivity index (χ3n) is 1.42. The lowest BCUT2D eigenvalue weighted by Crippen LogP contribution is -2.26. The van der Waals surface area contributed by atoms with E-state index >= 15 is 0 Å². The number of hydrogen-bond donors (Lipinski definition) is 0. The van der Waals surface area contributed by atoms with E-state index in [0.29, 0.717) is 0 Å². The lowest BCUT2D eigenvalue weighted by molar-refractivity contribution is -0.131. The third kappa shape index (κ3) is 5.89. The maximum absolute atomic E-state index is 11.7. The maximum Gasteiger partial charge on any atom is 0.475 e. The summed E-state index contributed by atoms with van der Waals surface area (Å²) in [7, 11) is -0.398. The SMILES string of the molecule is CCOP(=O)(OCC)OCC(=O)N(C)C. The smallest absolute Gasteiger partial charge is 0.347 e. The van der Waals surface area contributed by atoms with E-state index in [4.69, 9.17) is 13.6 Å². The molecule has 0 radical (unpaired) electrons. The van der Waals surface area contributed by atoms with Crippen molar-refractivity contribution in [3.8, 4) is 0 Å². The first-order valence-electron chi connectivity index (χ1n) is 4.69. The summed E-state index contributed by atoms with van der Waals surface area (Å²) in [5.41, 5.74) is 0. The van der Waals surface area contributed by atoms with Crippen LogP contribution in [-0.4, -0.2) is 44.7 Å². The minimum absolute atomic E-state index is 0.202. The molecule has 0 aromatic heterocycles. The Morgan fingerprint density at radius 1 is 1.13 bits per heavy atom. The second kappa shape index (κ2) is 6.95. The van der Waals surface area contributed by atoms with Crippen molar-refractivity contribution in [2.75, 3.05) is 33.9 Å². The summed E-state index contributed by atoms with van der Waals surface area (Å²) >= 11 is 0. The molecular weight excluding hydrogens is 221 g/mol. The Morgan fingerprint density at radius 2 is 1.60 bits per heavy atom. The van der Waals surface area contributed by atoms with Gasteiger partial charge < -0.3 is 4.90 Å². The molecule has 1 amide bonds. The van der Waals surface area contributed by atoms with Crippen molar-refractivity contribution in [3.63, 3.8) is 0 Å². The van der Waals surface area contributed by atoms with Crippen molar-refractivity contribution < 1.29 is 22.9 Å². The first-order valence-corrected chi connectivity index (χ1v) is 6.15. The predicted molar refractivity (Wildman–Crippen MR) is 55.5 cm³/mol. The average Bonchev–Trinajstić information content (AvgIpc) is 2.15. The van der Waals surface area contributed by atoms with Gasteiger partial charge in [-0.1, -0.05) is 0 Å². The van der Waals surface area contributed by atoms with Gasteiger partial charge in [-0.2, -0.15) is 0 Å². The second-order valence-electron chi connectivity index (χ2n) is 2.84. The van der Waals surface area contributed by atoms with Gasteiger partial charge in [-0.3, -0.25) is 18.4 Å². The highest BCUT2D eigenvalue weighted by Gasteiger charge is 2.26. The Bertz CT molecular complexity index is 233. The molecule has 0 bridgehead atoms. The van der Waals surface area contributed by atoms with E-state index in [0.717, 1.165) is 0 Å². The van der Waals surface area contributed by atoms with Crippen LogP contribution in [0.5, 0.6) is 0 Å². The Hall–Kier alpha value is -0.420. The lowest BCUT2D eigenvalue weighted by Gasteiger charge is -2.17. The van der Waals surface area contributed by atoms with E-state index in [1.807, 2.05) is 0 Å². The number of carbonyl (C=O) groups excluding carboxylic acids is 1. The van der Waals surface area contributed by atoms with Crippen LogP contribution >= 0.6 is 7.82 Å². The van der Waals surface area contributed by atoms with Gasteiger partial charge in [0.15, 0.2) is 0 Å². The number of hydrogen-bond acceptors (Lipinski definition) is 5. The molecule has 7 heteroatoms. The normalized spacial score (nSPS) is 11.5. The van der Waals surface area contributed by atoms with Gasteiger partial charge in [0.05, 0.1) is 13.2 Å². The van der Waals surface area contributed by atoms with Crippen molar-refractivity contribution in [3.05, 3.63) is 0 Å². The van der Waals surface area contributed by atoms with Crippen LogP contribution in [0.4, 0.5) is 0 Å². The van der Waals surface area contributed by atoms with Crippen LogP contribution in [0.2, 0.25) is 0 Å². The van der Waals surface area contributed by atoms with E-state index in [1.165, 1.54) is 4.90 Å². The van der Waals surface area contributed by atoms with Gasteiger partial charge in [0.2, 0.25) is 5.91 Å². The molecule has 0 aliphatic heterocycles. The fraction of sp³-hybridized carbons (Fsp3) is 0.875. The zero-order valence-corrected chi connectivity index (χ0v) is 10.5. The van der Waals surface area contributed by atoms with Crippen LogP contribution in [0, 0.1) is 0 Å². The molecule has 0 spiro atoms. The molecule has 6 nitrogen and oxygen atoms in total. The Morgan fingerprint density at radius 3 is 1.93 bits per heavy atom. The molecule has 0 heterocycles. The molecule has 0 unspecified atom stereocenters. The molecular formula is C8H18NO5P. The largest absolute Gasteiger partial charge is 0.475 e. The zero-order valence-electron chi connectivity index (χ0n) is 9.56. The monoisotopic (exact) mass is 239 g/mol. The molecule has 0 atom stereocenters. The average molecular weight is 239 g/mol. The summed E-state index contributed by atoms with van der Waals surface area (Å²) < 4.78 is 26.2. The van der Waals surface area contributed by atoms with Gasteiger partial charge in [0.1, 0.15) is 6.61 Å². The summed E-state index contributed by atoms with van der Waals surface area (Å²) in [6.07, 6.45) is 0. The zero-order chi connectivity index (χ0) is 11.9. The van der Waals surface area contributed by atoms with Gasteiger partial charge in [0.25, 0.3) is 0 Å². The lowest BCUT2D eigenvalue weighted by atomic mass is 10.6. The molecule has 0 aliphatic rings. The molecule has 0 rings (SSSR count). The van der Waals surface area contributed by atoms with Crippen LogP contribution in [0.3, 0.4) is 0 Å². The van der Waals surface area contributed by atoms with E-state index in [-0.39, 0.29) is 25.7 Å². The molecule has 0 aromatic carbocycles. The summed E-state index contributed by atoms with van der Waals surface area (Å²) in [4.78, 5) is 12.5. The fourth-order valence-electron chi connectivity index (χ4n) is 0.691. The molecule has 0 fully saturated rings. The highest BCUT2D eigenvalue weighted by molar-refractivity contribution is 7.48. The van der Waals surface area contributed by atoms with Gasteiger partial charge in [0, 0.05) is 14.1 Å². The van der Waals surface area contributed by atoms with Crippen LogP contribution < -0.4 is 0 Å². The minimum atomic E-state index is -3.56. The molecule has 15 heavy (non-hydrogen) atoms. The summed E-state index contributed by atoms with van der Waals surface area (Å²) in [6.45, 7) is 3.43. The number of nitrogens with zero attached hydrogens (tertiary/aromatic N) is 1. The van der Waals surface area contributed by atoms with Crippen molar-refractivity contribution in [1.29, 1.82) is 0 Å². The Labute approximate surface area is 90.1 Å². The number of phosphoric acid groups is 1. The topological polar surface area (TPSA) is 65.1 Å². The van der Waals surface area contributed by atoms with Crippen molar-refractivity contribution >= 4 is 13.7 Å². The second-order valence-corrected chi connectivity index (χ2v) is 4.51. The molecule has 0 saturated carbocycles. The van der Waals surface area contributed by atoms with Crippen molar-refractivity contribution in [1.82, 2.24) is 4.90 Å². The van der Waals surface area contributed by atoms with Crippen LogP contribution in [0.15, 0.2) is 0 Å². The van der Waals surface area contributed by atoms with E-state index in [1.54, 1.807) is 27.9 Å². The number of amides is 1. The van der Waals surface area contributed by atoms with Crippen molar-refractivity contribution in [2.45, 2.75) is 13.8 Å². The Balaban J connectivity index is 4.18. The molecule has 90 valence electrons. The maximum atomic E-state index is 11.7. The minimum Gasteiger partial charge on any atom is -0.347 e. The van der Waals surface area contributed by atoms with E-state index < -0.39 is 7.82 Å². The number of carbonyl (C=O) groups is 1. The number of rotatable bonds is 7. The third-order valence-corrected chi connectivity index (χ3v) is 3.01. The molecule has 0 saturated heterocycles.